The molecule has 13 radical (unpaired) electrons. The van der Waals surface area contributed by atoms with Gasteiger partial charge in [0.1, 0.15) is 0 Å². The van der Waals surface area contributed by atoms with E-state index in [0.717, 1.165) is 12.8 Å². The molecule has 0 nitrogen and oxygen atoms in total. The molecule has 1 rings (SSSR count). The second kappa shape index (κ2) is 3.37. The molecule has 1 aliphatic heterocycles. The van der Waals surface area contributed by atoms with Gasteiger partial charge < -0.3 is 4.11 Å². The van der Waals surface area contributed by atoms with Crippen molar-refractivity contribution in [2.45, 2.75) is 34.5 Å². The molecule has 0 unspecified atom stereocenters. The second-order valence-electron chi connectivity index (χ2n) is 4.16. The van der Waals surface area contributed by atoms with Crippen LogP contribution in [0.3, 0.4) is 0 Å². The van der Waals surface area contributed by atoms with E-state index in [0.29, 0.717) is 0 Å². The van der Waals surface area contributed by atoms with Gasteiger partial charge in [-0.2, -0.15) is 0 Å². The summed E-state index contributed by atoms with van der Waals surface area (Å²) in [5, 5.41) is 0. The van der Waals surface area contributed by atoms with Crippen molar-refractivity contribution in [3.05, 3.63) is 0 Å². The van der Waals surface area contributed by atoms with Crippen LogP contribution in [0.1, 0.15) is 12.8 Å². The summed E-state index contributed by atoms with van der Waals surface area (Å²) in [5.41, 5.74) is 0. The molecule has 0 bridgehead atoms. The Morgan fingerprint density at radius 1 is 1.08 bits per heavy atom. The molecule has 0 N–H and O–H groups in total. The molecule has 0 spiro atoms. The summed E-state index contributed by atoms with van der Waals surface area (Å²) in [6.45, 7) is 3.58. The summed E-state index contributed by atoms with van der Waals surface area (Å²) < 4.78 is 13.8. The normalized spacial score (nSPS) is 27.9. The van der Waals surface area contributed by atoms with Crippen molar-refractivity contribution in [1.29, 1.82) is 0 Å². The second-order valence-corrected chi connectivity index (χ2v) is 21.0. The molecule has 0 amide bonds. The van der Waals surface area contributed by atoms with Gasteiger partial charge in [0.15, 0.2) is 0 Å². The Bertz CT molecular complexity index is 192. The van der Waals surface area contributed by atoms with Crippen molar-refractivity contribution in [3.8, 4) is 0 Å². The van der Waals surface area contributed by atoms with E-state index in [4.69, 9.17) is 0 Å². The quantitative estimate of drug-likeness (QED) is 0.481. The van der Waals surface area contributed by atoms with E-state index in [2.05, 4.69) is 41.0 Å². The molecule has 7 heteroatoms. The monoisotopic (exact) mass is 269 g/mol. The lowest BCUT2D eigenvalue weighted by Gasteiger charge is -2.38. The highest BCUT2D eigenvalue weighted by Crippen LogP contribution is 2.53. The van der Waals surface area contributed by atoms with Crippen LogP contribution in [-0.2, 0) is 0 Å². The largest absolute Gasteiger partial charge is 0.319 e. The van der Waals surface area contributed by atoms with E-state index in [1.165, 1.54) is 0 Å². The molecule has 65 valence electrons. The fraction of sp³-hybridized carbons (Fsp3) is 1.00. The number of halogens is 1. The molecule has 0 aromatic rings. The molecule has 0 saturated carbocycles. The molecule has 13 heavy (non-hydrogen) atoms. The van der Waals surface area contributed by atoms with Crippen molar-refractivity contribution in [3.63, 3.8) is 0 Å². The lowest BCUT2D eigenvalue weighted by Crippen LogP contribution is -2.55. The van der Waals surface area contributed by atoms with Crippen LogP contribution in [-0.4, -0.2) is 57.2 Å². The Hall–Kier alpha value is 1.23. The zero-order valence-corrected chi connectivity index (χ0v) is 13.8. The summed E-state index contributed by atoms with van der Waals surface area (Å²) in [6.07, 6.45) is 1.92. The van der Waals surface area contributed by atoms with Crippen LogP contribution in [0.4, 0.5) is 4.11 Å². The maximum absolute atomic E-state index is 14.1. The van der Waals surface area contributed by atoms with Gasteiger partial charge in [-0.1, -0.05) is 21.4 Å². The SMILES string of the molecule is C[Si](C)(F)[Si]1C([Si])([Si])CCC1([Si])[Si]. The average molecular weight is 270 g/mol. The van der Waals surface area contributed by atoms with Gasteiger partial charge in [0.2, 0.25) is 7.93 Å². The first-order chi connectivity index (χ1) is 5.57. The lowest BCUT2D eigenvalue weighted by molar-refractivity contribution is 0.822. The van der Waals surface area contributed by atoms with Crippen molar-refractivity contribution in [2.75, 3.05) is 0 Å². The predicted octanol–water partition coefficient (Wildman–Crippen LogP) is 0.513. The van der Waals surface area contributed by atoms with Gasteiger partial charge in [0.05, 0.1) is 8.31 Å². The van der Waals surface area contributed by atoms with Gasteiger partial charge in [-0.25, -0.2) is 0 Å². The first-order valence-corrected chi connectivity index (χ1v) is 11.5. The highest BCUT2D eigenvalue weighted by molar-refractivity contribution is 7.37. The van der Waals surface area contributed by atoms with Gasteiger partial charge in [-0.05, 0) is 13.1 Å². The van der Waals surface area contributed by atoms with Crippen LogP contribution in [0.25, 0.3) is 0 Å². The minimum absolute atomic E-state index is 0.168. The molecular weight excluding hydrogens is 260 g/mol. The van der Waals surface area contributed by atoms with Gasteiger partial charge in [-0.15, -0.1) is 0 Å². The Morgan fingerprint density at radius 2 is 1.38 bits per heavy atom. The molecule has 0 atom stereocenters. The van der Waals surface area contributed by atoms with Gasteiger partial charge in [0.25, 0.3) is 0 Å². The third-order valence-corrected chi connectivity index (χ3v) is 18.8. The summed E-state index contributed by atoms with van der Waals surface area (Å²) in [5.74, 6) is 0. The summed E-state index contributed by atoms with van der Waals surface area (Å²) in [7, 11) is 10.9. The van der Waals surface area contributed by atoms with Crippen LogP contribution >= 0.6 is 0 Å². The van der Waals surface area contributed by atoms with Crippen LogP contribution < -0.4 is 0 Å². The third kappa shape index (κ3) is 2.43. The van der Waals surface area contributed by atoms with Crippen molar-refractivity contribution in [2.24, 2.45) is 0 Å². The van der Waals surface area contributed by atoms with Crippen LogP contribution in [0, 0.1) is 0 Å². The molecule has 1 heterocycles. The highest BCUT2D eigenvalue weighted by atomic mass is 29.3. The molecule has 0 aromatic carbocycles. The summed E-state index contributed by atoms with van der Waals surface area (Å²) in [4.78, 5) is 0. The Kier molecular flexibility index (Phi) is 3.19. The lowest BCUT2D eigenvalue weighted by atomic mass is 10.4. The van der Waals surface area contributed by atoms with Crippen molar-refractivity contribution in [1.82, 2.24) is 0 Å². The topological polar surface area (TPSA) is 0 Å². The molecular formula is C6H10FSi6. The third-order valence-electron chi connectivity index (χ3n) is 2.32. The van der Waals surface area contributed by atoms with Crippen LogP contribution in [0.2, 0.25) is 21.7 Å². The van der Waals surface area contributed by atoms with E-state index in [9.17, 15) is 4.11 Å². The smallest absolute Gasteiger partial charge is 0.224 e. The van der Waals surface area contributed by atoms with Crippen LogP contribution in [0.15, 0.2) is 0 Å². The Morgan fingerprint density at radius 3 is 1.54 bits per heavy atom. The molecule has 0 aliphatic carbocycles. The minimum Gasteiger partial charge on any atom is -0.319 e. The van der Waals surface area contributed by atoms with E-state index in [-0.39, 0.29) is 8.57 Å². The van der Waals surface area contributed by atoms with Crippen molar-refractivity contribution < 1.29 is 4.11 Å². The highest BCUT2D eigenvalue weighted by Gasteiger charge is 2.57. The van der Waals surface area contributed by atoms with Gasteiger partial charge in [0, 0.05) is 41.0 Å². The Labute approximate surface area is 95.7 Å². The maximum atomic E-state index is 14.1. The van der Waals surface area contributed by atoms with E-state index >= 15 is 0 Å². The van der Waals surface area contributed by atoms with Crippen LogP contribution in [0.5, 0.6) is 0 Å². The van der Waals surface area contributed by atoms with E-state index < -0.39 is 16.2 Å². The predicted molar refractivity (Wildman–Crippen MR) is 62.0 cm³/mol. The number of rotatable bonds is 1. The minimum atomic E-state index is -2.59. The van der Waals surface area contributed by atoms with Gasteiger partial charge >= 0.3 is 0 Å². The maximum Gasteiger partial charge on any atom is 0.224 e. The number of hydrogen-bond acceptors (Lipinski definition) is 0. The van der Waals surface area contributed by atoms with Crippen molar-refractivity contribution >= 4 is 57.2 Å². The van der Waals surface area contributed by atoms with E-state index in [1.54, 1.807) is 13.1 Å². The van der Waals surface area contributed by atoms with E-state index in [1.807, 2.05) is 0 Å². The molecule has 1 aliphatic rings. The zero-order chi connectivity index (χ0) is 10.5. The molecule has 0 aromatic heterocycles. The molecule has 1 saturated heterocycles. The average Bonchev–Trinajstić information content (AvgIpc) is 1.98. The summed E-state index contributed by atoms with van der Waals surface area (Å²) >= 11 is 0. The summed E-state index contributed by atoms with van der Waals surface area (Å²) in [6, 6.07) is 0. The first-order valence-electron chi connectivity index (χ1n) is 4.15. The Balaban J connectivity index is 3.02. The number of hydrogen-bond donors (Lipinski definition) is 0. The first kappa shape index (κ1) is 12.3. The molecule has 1 fully saturated rings. The van der Waals surface area contributed by atoms with Gasteiger partial charge in [-0.3, -0.25) is 0 Å². The zero-order valence-electron chi connectivity index (χ0n) is 7.79. The fourth-order valence-electron chi connectivity index (χ4n) is 2.00. The fourth-order valence-corrected chi connectivity index (χ4v) is 27.6. The standard InChI is InChI=1S/C6H10FSi6/c1-13(2,7)12-5(8,9)3-4-6(12,10)11/h3-4H2,1-2H3.